The van der Waals surface area contributed by atoms with Gasteiger partial charge in [0.2, 0.25) is 11.8 Å². The molecule has 2 rings (SSSR count). The summed E-state index contributed by atoms with van der Waals surface area (Å²) in [5.41, 5.74) is 5.07. The van der Waals surface area contributed by atoms with Crippen LogP contribution in [0.1, 0.15) is 32.3 Å². The van der Waals surface area contributed by atoms with Crippen molar-refractivity contribution in [3.05, 3.63) is 29.8 Å². The van der Waals surface area contributed by atoms with Crippen LogP contribution in [-0.2, 0) is 9.59 Å². The monoisotopic (exact) mass is 319 g/mol. The van der Waals surface area contributed by atoms with Gasteiger partial charge in [-0.05, 0) is 24.1 Å². The molecule has 2 amide bonds. The number of hydrogen-bond acceptors (Lipinski definition) is 4. The van der Waals surface area contributed by atoms with E-state index in [4.69, 9.17) is 0 Å². The second-order valence-electron chi connectivity index (χ2n) is 5.49. The van der Waals surface area contributed by atoms with Crippen molar-refractivity contribution >= 4 is 35.8 Å². The highest BCUT2D eigenvalue weighted by molar-refractivity contribution is 7.80. The van der Waals surface area contributed by atoms with Crippen molar-refractivity contribution < 1.29 is 9.59 Å². The predicted octanol–water partition coefficient (Wildman–Crippen LogP) is 2.44. The van der Waals surface area contributed by atoms with Gasteiger partial charge < -0.3 is 5.32 Å². The summed E-state index contributed by atoms with van der Waals surface area (Å²) in [7, 11) is 0. The van der Waals surface area contributed by atoms with Crippen molar-refractivity contribution in [3.63, 3.8) is 0 Å². The second kappa shape index (κ2) is 7.45. The number of carbonyl (C=O) groups excluding carboxylic acids is 2. The largest absolute Gasteiger partial charge is 0.326 e. The summed E-state index contributed by atoms with van der Waals surface area (Å²) in [5, 5.41) is 7.02. The maximum absolute atomic E-state index is 12.0. The highest BCUT2D eigenvalue weighted by Crippen LogP contribution is 2.19. The third-order valence-corrected chi connectivity index (χ3v) is 4.23. The zero-order chi connectivity index (χ0) is 16.1. The van der Waals surface area contributed by atoms with Gasteiger partial charge in [-0.15, -0.1) is 0 Å². The number of amides is 2. The van der Waals surface area contributed by atoms with Crippen LogP contribution in [0.4, 0.5) is 5.69 Å². The fourth-order valence-corrected chi connectivity index (χ4v) is 2.79. The van der Waals surface area contributed by atoms with E-state index in [2.05, 4.69) is 28.5 Å². The summed E-state index contributed by atoms with van der Waals surface area (Å²) in [6.45, 7) is 3.95. The first-order valence-corrected chi connectivity index (χ1v) is 8.07. The van der Waals surface area contributed by atoms with E-state index in [1.54, 1.807) is 0 Å². The molecule has 0 saturated heterocycles. The molecule has 1 heterocycles. The Labute approximate surface area is 136 Å². The summed E-state index contributed by atoms with van der Waals surface area (Å²) in [6.07, 6.45) is 1.21. The lowest BCUT2D eigenvalue weighted by molar-refractivity contribution is -0.122. The fraction of sp³-hybridized carbons (Fsp3) is 0.438. The van der Waals surface area contributed by atoms with Crippen LogP contribution in [0.15, 0.2) is 29.4 Å². The number of hydrazone groups is 1. The number of thiol groups is 1. The molecular formula is C16H21N3O2S. The van der Waals surface area contributed by atoms with Gasteiger partial charge in [0.1, 0.15) is 0 Å². The van der Waals surface area contributed by atoms with Crippen LogP contribution in [0.3, 0.4) is 0 Å². The van der Waals surface area contributed by atoms with Crippen LogP contribution in [0, 0.1) is 11.8 Å². The number of nitrogens with one attached hydrogen (secondary N) is 2. The number of hydrogen-bond donors (Lipinski definition) is 3. The van der Waals surface area contributed by atoms with E-state index in [0.717, 1.165) is 23.4 Å². The Kier molecular flexibility index (Phi) is 5.60. The van der Waals surface area contributed by atoms with Gasteiger partial charge in [-0.2, -0.15) is 17.7 Å². The van der Waals surface area contributed by atoms with Crippen molar-refractivity contribution in [3.8, 4) is 0 Å². The van der Waals surface area contributed by atoms with Crippen LogP contribution in [0.5, 0.6) is 0 Å². The van der Waals surface area contributed by atoms with E-state index in [1.807, 2.05) is 38.1 Å². The van der Waals surface area contributed by atoms with E-state index in [-0.39, 0.29) is 23.7 Å². The van der Waals surface area contributed by atoms with Crippen LogP contribution < -0.4 is 10.7 Å². The molecule has 1 aliphatic rings. The molecule has 0 bridgehead atoms. The van der Waals surface area contributed by atoms with Crippen molar-refractivity contribution in [1.29, 1.82) is 0 Å². The first kappa shape index (κ1) is 16.5. The van der Waals surface area contributed by atoms with Crippen molar-refractivity contribution in [2.75, 3.05) is 11.1 Å². The van der Waals surface area contributed by atoms with Gasteiger partial charge in [-0.25, -0.2) is 5.43 Å². The van der Waals surface area contributed by atoms with Gasteiger partial charge in [0, 0.05) is 29.7 Å². The molecule has 0 saturated carbocycles. The molecule has 2 atom stereocenters. The van der Waals surface area contributed by atoms with E-state index < -0.39 is 0 Å². The summed E-state index contributed by atoms with van der Waals surface area (Å²) in [4.78, 5) is 23.3. The predicted molar refractivity (Wildman–Crippen MR) is 91.2 cm³/mol. The lowest BCUT2D eigenvalue weighted by Crippen LogP contribution is -2.31. The molecule has 2 unspecified atom stereocenters. The summed E-state index contributed by atoms with van der Waals surface area (Å²) >= 11 is 4.19. The van der Waals surface area contributed by atoms with Gasteiger partial charge >= 0.3 is 0 Å². The molecule has 118 valence electrons. The molecule has 1 aromatic carbocycles. The molecule has 0 aromatic heterocycles. The molecule has 5 nitrogen and oxygen atoms in total. The molecule has 0 aliphatic carbocycles. The topological polar surface area (TPSA) is 70.6 Å². The van der Waals surface area contributed by atoms with Gasteiger partial charge in [0.05, 0.1) is 5.71 Å². The highest BCUT2D eigenvalue weighted by atomic mass is 32.1. The minimum Gasteiger partial charge on any atom is -0.326 e. The average Bonchev–Trinajstić information content (AvgIpc) is 2.49. The molecule has 0 radical (unpaired) electrons. The molecule has 22 heavy (non-hydrogen) atoms. The van der Waals surface area contributed by atoms with E-state index in [9.17, 15) is 9.59 Å². The number of rotatable bonds is 5. The lowest BCUT2D eigenvalue weighted by Gasteiger charge is -2.19. The first-order valence-electron chi connectivity index (χ1n) is 7.43. The average molecular weight is 319 g/mol. The molecular weight excluding hydrogens is 298 g/mol. The quantitative estimate of drug-likeness (QED) is 0.730. The number of carbonyl (C=O) groups is 2. The van der Waals surface area contributed by atoms with Crippen LogP contribution in [0.25, 0.3) is 0 Å². The van der Waals surface area contributed by atoms with Crippen molar-refractivity contribution in [2.24, 2.45) is 16.9 Å². The summed E-state index contributed by atoms with van der Waals surface area (Å²) in [6, 6.07) is 7.52. The smallest absolute Gasteiger partial charge is 0.240 e. The normalized spacial score (nSPS) is 19.1. The zero-order valence-electron chi connectivity index (χ0n) is 12.8. The van der Waals surface area contributed by atoms with Gasteiger partial charge in [0.15, 0.2) is 0 Å². The Morgan fingerprint density at radius 3 is 2.68 bits per heavy atom. The third-order valence-electron chi connectivity index (χ3n) is 3.79. The van der Waals surface area contributed by atoms with Gasteiger partial charge in [-0.3, -0.25) is 9.59 Å². The summed E-state index contributed by atoms with van der Waals surface area (Å²) < 4.78 is 0. The molecule has 0 fully saturated rings. The van der Waals surface area contributed by atoms with Crippen LogP contribution >= 0.6 is 12.6 Å². The number of anilines is 1. The SMILES string of the molecule is CCC(CS)C(=O)Nc1ccc(C2=NNC(=O)CC2C)cc1. The number of benzene rings is 1. The standard InChI is InChI=1S/C16H21N3O2S/c1-3-11(9-22)16(21)17-13-6-4-12(5-7-13)15-10(2)8-14(20)18-19-15/h4-7,10-11,22H,3,8-9H2,1-2H3,(H,17,21)(H,18,20). The molecule has 0 spiro atoms. The summed E-state index contributed by atoms with van der Waals surface area (Å²) in [5.74, 6) is 0.469. The van der Waals surface area contributed by atoms with E-state index in [0.29, 0.717) is 12.2 Å². The molecule has 6 heteroatoms. The minimum atomic E-state index is -0.0824. The Morgan fingerprint density at radius 1 is 1.45 bits per heavy atom. The van der Waals surface area contributed by atoms with E-state index in [1.165, 1.54) is 0 Å². The molecule has 1 aromatic rings. The van der Waals surface area contributed by atoms with Gasteiger partial charge in [-0.1, -0.05) is 26.0 Å². The molecule has 2 N–H and O–H groups in total. The molecule has 1 aliphatic heterocycles. The lowest BCUT2D eigenvalue weighted by atomic mass is 9.94. The van der Waals surface area contributed by atoms with Crippen LogP contribution in [-0.4, -0.2) is 23.3 Å². The maximum atomic E-state index is 12.0. The maximum Gasteiger partial charge on any atom is 0.240 e. The fourth-order valence-electron chi connectivity index (χ4n) is 2.37. The Bertz CT molecular complexity index is 580. The Hall–Kier alpha value is -1.82. The number of nitrogens with zero attached hydrogens (tertiary/aromatic N) is 1. The first-order chi connectivity index (χ1) is 10.5. The van der Waals surface area contributed by atoms with Crippen molar-refractivity contribution in [1.82, 2.24) is 5.43 Å². The van der Waals surface area contributed by atoms with Gasteiger partial charge in [0.25, 0.3) is 0 Å². The van der Waals surface area contributed by atoms with Crippen LogP contribution in [0.2, 0.25) is 0 Å². The Balaban J connectivity index is 2.08. The van der Waals surface area contributed by atoms with E-state index >= 15 is 0 Å². The third kappa shape index (κ3) is 3.88. The minimum absolute atomic E-state index is 0.0131. The second-order valence-corrected chi connectivity index (χ2v) is 5.86. The van der Waals surface area contributed by atoms with Crippen molar-refractivity contribution in [2.45, 2.75) is 26.7 Å². The zero-order valence-corrected chi connectivity index (χ0v) is 13.7. The Morgan fingerprint density at radius 2 is 2.14 bits per heavy atom. The highest BCUT2D eigenvalue weighted by Gasteiger charge is 2.21.